The Kier molecular flexibility index (Phi) is 5.71. The molecular formula is C12H16F4N2O. The summed E-state index contributed by atoms with van der Waals surface area (Å²) in [5, 5.41) is 2.85. The molecule has 3 N–H and O–H groups in total. The van der Waals surface area contributed by atoms with Crippen molar-refractivity contribution in [3.63, 3.8) is 0 Å². The number of nitrogens with two attached hydrogens (primary N) is 1. The van der Waals surface area contributed by atoms with Crippen LogP contribution in [0.4, 0.5) is 17.6 Å². The summed E-state index contributed by atoms with van der Waals surface area (Å²) in [6, 6.07) is 1.88. The van der Waals surface area contributed by atoms with Crippen LogP contribution in [0.1, 0.15) is 17.2 Å². The van der Waals surface area contributed by atoms with E-state index in [1.54, 1.807) is 0 Å². The first kappa shape index (κ1) is 15.9. The lowest BCUT2D eigenvalue weighted by atomic mass is 9.99. The Morgan fingerprint density at radius 3 is 2.58 bits per heavy atom. The van der Waals surface area contributed by atoms with Crippen LogP contribution in [-0.2, 0) is 10.9 Å². The van der Waals surface area contributed by atoms with Crippen LogP contribution in [0.2, 0.25) is 0 Å². The van der Waals surface area contributed by atoms with Gasteiger partial charge in [-0.3, -0.25) is 0 Å². The van der Waals surface area contributed by atoms with E-state index in [1.165, 1.54) is 7.11 Å². The van der Waals surface area contributed by atoms with Crippen molar-refractivity contribution in [1.29, 1.82) is 0 Å². The summed E-state index contributed by atoms with van der Waals surface area (Å²) in [7, 11) is 1.48. The van der Waals surface area contributed by atoms with Crippen molar-refractivity contribution >= 4 is 0 Å². The number of ether oxygens (including phenoxy) is 1. The molecule has 1 atom stereocenters. The molecule has 0 saturated heterocycles. The van der Waals surface area contributed by atoms with Crippen molar-refractivity contribution < 1.29 is 22.3 Å². The highest BCUT2D eigenvalue weighted by Gasteiger charge is 2.35. The average Bonchev–Trinajstić information content (AvgIpc) is 2.34. The Bertz CT molecular complexity index is 409. The Hall–Kier alpha value is -1.18. The predicted molar refractivity (Wildman–Crippen MR) is 63.1 cm³/mol. The van der Waals surface area contributed by atoms with Crippen molar-refractivity contribution in [3.8, 4) is 0 Å². The highest BCUT2D eigenvalue weighted by molar-refractivity contribution is 5.33. The van der Waals surface area contributed by atoms with Crippen molar-refractivity contribution in [3.05, 3.63) is 35.1 Å². The number of methoxy groups -OCH3 is 1. The van der Waals surface area contributed by atoms with Crippen LogP contribution in [0.3, 0.4) is 0 Å². The van der Waals surface area contributed by atoms with Crippen LogP contribution in [-0.4, -0.2) is 26.8 Å². The largest absolute Gasteiger partial charge is 0.416 e. The molecule has 0 fully saturated rings. The van der Waals surface area contributed by atoms with Gasteiger partial charge in [0.15, 0.2) is 0 Å². The number of benzene rings is 1. The molecule has 0 heterocycles. The van der Waals surface area contributed by atoms with E-state index in [-0.39, 0.29) is 12.1 Å². The van der Waals surface area contributed by atoms with E-state index in [4.69, 9.17) is 10.5 Å². The quantitative estimate of drug-likeness (QED) is 0.619. The Labute approximate surface area is 108 Å². The van der Waals surface area contributed by atoms with Gasteiger partial charge in [-0.2, -0.15) is 13.2 Å². The van der Waals surface area contributed by atoms with Crippen LogP contribution in [0.5, 0.6) is 0 Å². The second kappa shape index (κ2) is 6.83. The fourth-order valence-electron chi connectivity index (χ4n) is 1.73. The lowest BCUT2D eigenvalue weighted by Crippen LogP contribution is -2.32. The second-order valence-electron chi connectivity index (χ2n) is 3.96. The van der Waals surface area contributed by atoms with Gasteiger partial charge in [0.05, 0.1) is 12.2 Å². The molecule has 0 aromatic heterocycles. The smallest absolute Gasteiger partial charge is 0.383 e. The summed E-state index contributed by atoms with van der Waals surface area (Å²) in [4.78, 5) is 0. The summed E-state index contributed by atoms with van der Waals surface area (Å²) in [5.41, 5.74) is 4.40. The normalized spacial score (nSPS) is 13.6. The molecule has 7 heteroatoms. The minimum Gasteiger partial charge on any atom is -0.383 e. The number of halogens is 4. The Morgan fingerprint density at radius 2 is 2.05 bits per heavy atom. The number of hydrogen-bond donors (Lipinski definition) is 2. The zero-order chi connectivity index (χ0) is 14.5. The first-order valence-corrected chi connectivity index (χ1v) is 5.69. The molecule has 108 valence electrons. The fraction of sp³-hybridized carbons (Fsp3) is 0.500. The molecule has 0 saturated carbocycles. The minimum atomic E-state index is -4.62. The van der Waals surface area contributed by atoms with E-state index in [2.05, 4.69) is 5.32 Å². The van der Waals surface area contributed by atoms with Gasteiger partial charge in [0.25, 0.3) is 0 Å². The molecule has 1 rings (SSSR count). The lowest BCUT2D eigenvalue weighted by molar-refractivity contribution is -0.138. The predicted octanol–water partition coefficient (Wildman–Crippen LogP) is 2.08. The number of hydrogen-bond acceptors (Lipinski definition) is 3. The van der Waals surface area contributed by atoms with Gasteiger partial charge in [-0.1, -0.05) is 6.07 Å². The van der Waals surface area contributed by atoms with Gasteiger partial charge in [0.2, 0.25) is 0 Å². The van der Waals surface area contributed by atoms with E-state index in [9.17, 15) is 17.6 Å². The number of alkyl halides is 3. The van der Waals surface area contributed by atoms with Crippen LogP contribution in [0.25, 0.3) is 0 Å². The summed E-state index contributed by atoms with van der Waals surface area (Å²) in [6.07, 6.45) is -4.62. The molecule has 0 aliphatic carbocycles. The molecule has 0 amide bonds. The molecule has 0 aliphatic heterocycles. The van der Waals surface area contributed by atoms with Crippen LogP contribution in [0.15, 0.2) is 18.2 Å². The fourth-order valence-corrected chi connectivity index (χ4v) is 1.73. The van der Waals surface area contributed by atoms with E-state index < -0.39 is 23.6 Å². The molecule has 1 aromatic carbocycles. The highest BCUT2D eigenvalue weighted by atomic mass is 19.4. The Balaban J connectivity index is 3.02. The third kappa shape index (κ3) is 4.45. The monoisotopic (exact) mass is 280 g/mol. The number of rotatable bonds is 6. The van der Waals surface area contributed by atoms with Crippen molar-refractivity contribution in [2.24, 2.45) is 5.73 Å². The minimum absolute atomic E-state index is 0.0293. The van der Waals surface area contributed by atoms with E-state index in [0.29, 0.717) is 19.2 Å². The molecule has 0 bridgehead atoms. The standard InChI is InChI=1S/C12H16F4N2O/c1-19-5-4-18-11(7-17)9-3-2-8(13)6-10(9)12(14,15)16/h2-3,6,11,18H,4-5,7,17H2,1H3. The molecule has 1 aromatic rings. The first-order chi connectivity index (χ1) is 8.90. The second-order valence-corrected chi connectivity index (χ2v) is 3.96. The first-order valence-electron chi connectivity index (χ1n) is 5.69. The van der Waals surface area contributed by atoms with Crippen molar-refractivity contribution in [1.82, 2.24) is 5.32 Å². The molecule has 1 unspecified atom stereocenters. The zero-order valence-electron chi connectivity index (χ0n) is 10.4. The van der Waals surface area contributed by atoms with Crippen LogP contribution < -0.4 is 11.1 Å². The molecular weight excluding hydrogens is 264 g/mol. The van der Waals surface area contributed by atoms with Gasteiger partial charge >= 0.3 is 6.18 Å². The summed E-state index contributed by atoms with van der Waals surface area (Å²) in [5.74, 6) is -0.927. The summed E-state index contributed by atoms with van der Waals surface area (Å²) < 4.78 is 56.3. The maximum Gasteiger partial charge on any atom is 0.416 e. The van der Waals surface area contributed by atoms with Crippen LogP contribution in [0, 0.1) is 5.82 Å². The number of nitrogens with one attached hydrogen (secondary N) is 1. The topological polar surface area (TPSA) is 47.3 Å². The average molecular weight is 280 g/mol. The summed E-state index contributed by atoms with van der Waals surface area (Å²) >= 11 is 0. The highest BCUT2D eigenvalue weighted by Crippen LogP contribution is 2.34. The SMILES string of the molecule is COCCNC(CN)c1ccc(F)cc1C(F)(F)F. The van der Waals surface area contributed by atoms with Gasteiger partial charge in [-0.25, -0.2) is 4.39 Å². The lowest BCUT2D eigenvalue weighted by Gasteiger charge is -2.21. The maximum absolute atomic E-state index is 13.0. The summed E-state index contributed by atoms with van der Waals surface area (Å²) in [6.45, 7) is 0.671. The maximum atomic E-state index is 13.0. The van der Waals surface area contributed by atoms with Crippen LogP contribution >= 0.6 is 0 Å². The van der Waals surface area contributed by atoms with Crippen molar-refractivity contribution in [2.45, 2.75) is 12.2 Å². The Morgan fingerprint density at radius 1 is 1.37 bits per heavy atom. The molecule has 0 spiro atoms. The molecule has 19 heavy (non-hydrogen) atoms. The van der Waals surface area contributed by atoms with Crippen molar-refractivity contribution in [2.75, 3.05) is 26.8 Å². The van der Waals surface area contributed by atoms with Gasteiger partial charge in [-0.05, 0) is 17.7 Å². The molecule has 0 radical (unpaired) electrons. The third-order valence-electron chi connectivity index (χ3n) is 2.63. The van der Waals surface area contributed by atoms with Gasteiger partial charge in [-0.15, -0.1) is 0 Å². The van der Waals surface area contributed by atoms with E-state index in [1.807, 2.05) is 0 Å². The van der Waals surface area contributed by atoms with E-state index in [0.717, 1.165) is 12.1 Å². The molecule has 0 aliphatic rings. The van der Waals surface area contributed by atoms with Gasteiger partial charge < -0.3 is 15.8 Å². The van der Waals surface area contributed by atoms with E-state index >= 15 is 0 Å². The van der Waals surface area contributed by atoms with Gasteiger partial charge in [0, 0.05) is 26.2 Å². The third-order valence-corrected chi connectivity index (χ3v) is 2.63. The zero-order valence-corrected chi connectivity index (χ0v) is 10.4. The molecule has 3 nitrogen and oxygen atoms in total. The van der Waals surface area contributed by atoms with Gasteiger partial charge in [0.1, 0.15) is 5.82 Å².